The molecule has 0 unspecified atom stereocenters. The van der Waals surface area contributed by atoms with E-state index in [4.69, 9.17) is 14.2 Å². The summed E-state index contributed by atoms with van der Waals surface area (Å²) in [5.41, 5.74) is 2.60. The highest BCUT2D eigenvalue weighted by atomic mass is 79.9. The predicted molar refractivity (Wildman–Crippen MR) is 128 cm³/mol. The lowest BCUT2D eigenvalue weighted by Gasteiger charge is -2.29. The Kier molecular flexibility index (Phi) is 8.81. The minimum Gasteiger partial charge on any atom is -0.495 e. The number of unbranched alkanes of at least 4 members (excludes halogenated alkanes) is 2. The van der Waals surface area contributed by atoms with E-state index in [0.717, 1.165) is 56.8 Å². The highest BCUT2D eigenvalue weighted by Crippen LogP contribution is 2.33. The maximum atomic E-state index is 12.6. The third kappa shape index (κ3) is 6.15. The summed E-state index contributed by atoms with van der Waals surface area (Å²) >= 11 is 3.32. The number of nitrogens with zero attached hydrogens (tertiary/aromatic N) is 1. The third-order valence-electron chi connectivity index (χ3n) is 5.66. The third-order valence-corrected chi connectivity index (χ3v) is 7.63. The average molecular weight is 527 g/mol. The Labute approximate surface area is 199 Å². The molecular weight excluding hydrogens is 496 g/mol. The van der Waals surface area contributed by atoms with E-state index in [2.05, 4.69) is 37.7 Å². The zero-order valence-corrected chi connectivity index (χ0v) is 21.2. The van der Waals surface area contributed by atoms with Crippen LogP contribution in [0.2, 0.25) is 0 Å². The molecule has 0 atom stereocenters. The van der Waals surface area contributed by atoms with E-state index >= 15 is 0 Å². The van der Waals surface area contributed by atoms with Crippen LogP contribution < -0.4 is 18.9 Å². The van der Waals surface area contributed by atoms with Gasteiger partial charge in [-0.05, 0) is 67.3 Å². The van der Waals surface area contributed by atoms with Gasteiger partial charge >= 0.3 is 0 Å². The summed E-state index contributed by atoms with van der Waals surface area (Å²) in [5.74, 6) is 1.88. The molecule has 7 nitrogen and oxygen atoms in total. The van der Waals surface area contributed by atoms with Crippen LogP contribution in [0.15, 0.2) is 39.7 Å². The second kappa shape index (κ2) is 11.4. The van der Waals surface area contributed by atoms with Crippen LogP contribution in [-0.2, 0) is 23.0 Å². The molecule has 0 radical (unpaired) electrons. The van der Waals surface area contributed by atoms with Crippen molar-refractivity contribution in [3.05, 3.63) is 45.9 Å². The van der Waals surface area contributed by atoms with Crippen LogP contribution >= 0.6 is 15.9 Å². The van der Waals surface area contributed by atoms with Crippen molar-refractivity contribution in [3.8, 4) is 17.2 Å². The molecule has 32 heavy (non-hydrogen) atoms. The summed E-state index contributed by atoms with van der Waals surface area (Å²) in [7, 11) is 1.17. The standard InChI is InChI=1S/C23H31BrN2O5S/c1-29-20-8-7-19(24)15-23(20)32(27,28)25-10-5-4-6-11-26-12-9-17-13-21(30-2)22(31-3)14-18(17)16-26/h7-8,13-15,25H,4-6,9-12,16H2,1-3H3. The highest BCUT2D eigenvalue weighted by molar-refractivity contribution is 9.10. The van der Waals surface area contributed by atoms with Crippen molar-refractivity contribution < 1.29 is 22.6 Å². The molecule has 0 amide bonds. The number of benzene rings is 2. The van der Waals surface area contributed by atoms with Crippen LogP contribution in [0.3, 0.4) is 0 Å². The molecule has 0 aliphatic carbocycles. The number of fused-ring (bicyclic) bond motifs is 1. The van der Waals surface area contributed by atoms with Gasteiger partial charge in [0.25, 0.3) is 0 Å². The maximum Gasteiger partial charge on any atom is 0.244 e. The van der Waals surface area contributed by atoms with Gasteiger partial charge in [-0.2, -0.15) is 0 Å². The lowest BCUT2D eigenvalue weighted by molar-refractivity contribution is 0.247. The van der Waals surface area contributed by atoms with Crippen LogP contribution in [0.5, 0.6) is 17.2 Å². The summed E-state index contributed by atoms with van der Waals surface area (Å²) in [5, 5.41) is 0. The van der Waals surface area contributed by atoms with Crippen LogP contribution in [-0.4, -0.2) is 54.3 Å². The Morgan fingerprint density at radius 1 is 0.938 bits per heavy atom. The number of rotatable bonds is 11. The number of hydrogen-bond acceptors (Lipinski definition) is 6. The first kappa shape index (κ1) is 24.8. The van der Waals surface area contributed by atoms with Gasteiger partial charge in [0.15, 0.2) is 11.5 Å². The molecule has 176 valence electrons. The van der Waals surface area contributed by atoms with Gasteiger partial charge in [-0.1, -0.05) is 22.4 Å². The van der Waals surface area contributed by atoms with Crippen LogP contribution in [0.1, 0.15) is 30.4 Å². The van der Waals surface area contributed by atoms with Gasteiger partial charge in [-0.25, -0.2) is 13.1 Å². The molecule has 1 heterocycles. The number of hydrogen-bond donors (Lipinski definition) is 1. The molecule has 2 aromatic carbocycles. The van der Waals surface area contributed by atoms with Crippen LogP contribution in [0.4, 0.5) is 0 Å². The Bertz CT molecular complexity index is 1030. The quantitative estimate of drug-likeness (QED) is 0.446. The Hall–Kier alpha value is -1.81. The van der Waals surface area contributed by atoms with Gasteiger partial charge in [0, 0.05) is 24.1 Å². The van der Waals surface area contributed by atoms with Gasteiger partial charge in [-0.3, -0.25) is 4.90 Å². The van der Waals surface area contributed by atoms with E-state index < -0.39 is 10.0 Å². The zero-order chi connectivity index (χ0) is 23.1. The molecule has 2 aromatic rings. The molecule has 0 fully saturated rings. The second-order valence-electron chi connectivity index (χ2n) is 7.76. The molecule has 1 aliphatic rings. The fourth-order valence-electron chi connectivity index (χ4n) is 3.91. The molecule has 3 rings (SSSR count). The summed E-state index contributed by atoms with van der Waals surface area (Å²) < 4.78 is 44.6. The second-order valence-corrected chi connectivity index (χ2v) is 10.4. The van der Waals surface area contributed by atoms with Gasteiger partial charge in [0.2, 0.25) is 10.0 Å². The van der Waals surface area contributed by atoms with Crippen molar-refractivity contribution in [2.45, 2.75) is 37.1 Å². The van der Waals surface area contributed by atoms with Gasteiger partial charge in [0.05, 0.1) is 21.3 Å². The lowest BCUT2D eigenvalue weighted by atomic mass is 9.98. The average Bonchev–Trinajstić information content (AvgIpc) is 2.80. The first-order chi connectivity index (χ1) is 15.4. The van der Waals surface area contributed by atoms with E-state index in [1.54, 1.807) is 32.4 Å². The molecule has 0 aromatic heterocycles. The minimum absolute atomic E-state index is 0.147. The number of sulfonamides is 1. The summed E-state index contributed by atoms with van der Waals surface area (Å²) in [4.78, 5) is 2.58. The number of halogens is 1. The Morgan fingerprint density at radius 2 is 1.62 bits per heavy atom. The summed E-state index contributed by atoms with van der Waals surface area (Å²) in [6.45, 7) is 3.29. The molecule has 9 heteroatoms. The van der Waals surface area contributed by atoms with Gasteiger partial charge < -0.3 is 14.2 Å². The van der Waals surface area contributed by atoms with E-state index in [9.17, 15) is 8.42 Å². The Balaban J connectivity index is 1.43. The van der Waals surface area contributed by atoms with Crippen molar-refractivity contribution in [1.29, 1.82) is 0 Å². The summed E-state index contributed by atoms with van der Waals surface area (Å²) in [6, 6.07) is 9.10. The van der Waals surface area contributed by atoms with E-state index in [1.807, 2.05) is 0 Å². The SMILES string of the molecule is COc1cc2c(cc1OC)CN(CCCCCNS(=O)(=O)c1cc(Br)ccc1OC)CC2. The first-order valence-corrected chi connectivity index (χ1v) is 12.9. The van der Waals surface area contributed by atoms with Crippen molar-refractivity contribution in [3.63, 3.8) is 0 Å². The van der Waals surface area contributed by atoms with Crippen molar-refractivity contribution in [2.75, 3.05) is 41.0 Å². The largest absolute Gasteiger partial charge is 0.495 e. The Morgan fingerprint density at radius 3 is 2.31 bits per heavy atom. The first-order valence-electron chi connectivity index (χ1n) is 10.7. The predicted octanol–water partition coefficient (Wildman–Crippen LogP) is 3.98. The van der Waals surface area contributed by atoms with E-state index in [1.165, 1.54) is 18.2 Å². The number of methoxy groups -OCH3 is 3. The number of nitrogens with one attached hydrogen (secondary N) is 1. The maximum absolute atomic E-state index is 12.6. The molecule has 0 bridgehead atoms. The van der Waals surface area contributed by atoms with Crippen molar-refractivity contribution in [2.24, 2.45) is 0 Å². The van der Waals surface area contributed by atoms with Gasteiger partial charge in [-0.15, -0.1) is 0 Å². The minimum atomic E-state index is -3.62. The van der Waals surface area contributed by atoms with Crippen molar-refractivity contribution >= 4 is 26.0 Å². The van der Waals surface area contributed by atoms with Crippen LogP contribution in [0.25, 0.3) is 0 Å². The molecule has 0 saturated carbocycles. The van der Waals surface area contributed by atoms with E-state index in [-0.39, 0.29) is 4.90 Å². The van der Waals surface area contributed by atoms with E-state index in [0.29, 0.717) is 16.8 Å². The molecule has 0 saturated heterocycles. The monoisotopic (exact) mass is 526 g/mol. The molecular formula is C23H31BrN2O5S. The lowest BCUT2D eigenvalue weighted by Crippen LogP contribution is -2.31. The molecule has 1 N–H and O–H groups in total. The zero-order valence-electron chi connectivity index (χ0n) is 18.8. The summed E-state index contributed by atoms with van der Waals surface area (Å²) in [6.07, 6.45) is 3.74. The topological polar surface area (TPSA) is 77.1 Å². The fourth-order valence-corrected chi connectivity index (χ4v) is 5.69. The van der Waals surface area contributed by atoms with Crippen LogP contribution in [0, 0.1) is 0 Å². The smallest absolute Gasteiger partial charge is 0.244 e. The van der Waals surface area contributed by atoms with Gasteiger partial charge in [0.1, 0.15) is 10.6 Å². The highest BCUT2D eigenvalue weighted by Gasteiger charge is 2.20. The molecule has 1 aliphatic heterocycles. The van der Waals surface area contributed by atoms with Crippen molar-refractivity contribution in [1.82, 2.24) is 9.62 Å². The molecule has 0 spiro atoms. The number of ether oxygens (including phenoxy) is 3. The normalized spacial score (nSPS) is 14.1. The fraction of sp³-hybridized carbons (Fsp3) is 0.478.